The highest BCUT2D eigenvalue weighted by molar-refractivity contribution is 5.91. The Kier molecular flexibility index (Phi) is 10.1. The first-order valence-corrected chi connectivity index (χ1v) is 14.2. The smallest absolute Gasteiger partial charge is 0.338 e. The van der Waals surface area contributed by atoms with Gasteiger partial charge in [-0.05, 0) is 54.6 Å². The van der Waals surface area contributed by atoms with Crippen LogP contribution in [0.25, 0.3) is 0 Å². The van der Waals surface area contributed by atoms with Crippen molar-refractivity contribution >= 4 is 17.9 Å². The van der Waals surface area contributed by atoms with Crippen molar-refractivity contribution in [3.05, 3.63) is 131 Å². The minimum absolute atomic E-state index is 0.210. The highest BCUT2D eigenvalue weighted by atomic mass is 16.7. The molecular weight excluding hydrogens is 580 g/mol. The number of rotatable bonds is 10. The average Bonchev–Trinajstić information content (AvgIpc) is 3.10. The fraction of sp³-hybridized carbons (Fsp3) is 0.229. The molecule has 0 bridgehead atoms. The molecular formula is C35H32O10. The lowest BCUT2D eigenvalue weighted by Crippen LogP contribution is -2.59. The van der Waals surface area contributed by atoms with Gasteiger partial charge in [-0.1, -0.05) is 54.6 Å². The van der Waals surface area contributed by atoms with E-state index in [4.69, 9.17) is 28.4 Å². The van der Waals surface area contributed by atoms with E-state index >= 15 is 0 Å². The topological polar surface area (TPSA) is 127 Å². The summed E-state index contributed by atoms with van der Waals surface area (Å²) >= 11 is 0. The van der Waals surface area contributed by atoms with Gasteiger partial charge in [-0.3, -0.25) is 0 Å². The summed E-state index contributed by atoms with van der Waals surface area (Å²) in [4.78, 5) is 40.4. The fourth-order valence-corrected chi connectivity index (χ4v) is 5.08. The highest BCUT2D eigenvalue weighted by Gasteiger charge is 2.53. The Morgan fingerprint density at radius 2 is 1.09 bits per heavy atom. The van der Waals surface area contributed by atoms with Crippen LogP contribution < -0.4 is 9.47 Å². The second kappa shape index (κ2) is 14.5. The molecule has 5 atom stereocenters. The van der Waals surface area contributed by atoms with Crippen LogP contribution in [0.2, 0.25) is 0 Å². The standard InChI is InChI=1S/C35H32O10/c1-40-25-18-19-27(41-2)26(20-25)29-31(44-34(38)23-14-8-4-9-15-23)32(45-35(39)24-16-10-5-11-17-24)30(28(21-36)42-29)43-33(37)22-12-6-3-7-13-22/h3-20,28-32,36H,21H2,1-2H3/t28-,29+,30-,31+,32+/m1/s1. The number of benzene rings is 4. The second-order valence-corrected chi connectivity index (χ2v) is 10.1. The summed E-state index contributed by atoms with van der Waals surface area (Å²) < 4.78 is 35.4. The van der Waals surface area contributed by atoms with Crippen molar-refractivity contribution in [3.63, 3.8) is 0 Å². The summed E-state index contributed by atoms with van der Waals surface area (Å²) in [6.45, 7) is -0.631. The molecule has 1 aliphatic heterocycles. The number of aliphatic hydroxyl groups excluding tert-OH is 1. The summed E-state index contributed by atoms with van der Waals surface area (Å²) in [6, 6.07) is 29.6. The van der Waals surface area contributed by atoms with Gasteiger partial charge in [0.1, 0.15) is 23.7 Å². The van der Waals surface area contributed by atoms with Crippen molar-refractivity contribution in [1.29, 1.82) is 0 Å². The Morgan fingerprint density at radius 3 is 1.53 bits per heavy atom. The number of ether oxygens (including phenoxy) is 6. The zero-order valence-corrected chi connectivity index (χ0v) is 24.6. The van der Waals surface area contributed by atoms with Crippen LogP contribution in [0, 0.1) is 0 Å². The van der Waals surface area contributed by atoms with E-state index in [1.165, 1.54) is 14.2 Å². The monoisotopic (exact) mass is 612 g/mol. The summed E-state index contributed by atoms with van der Waals surface area (Å²) in [5.41, 5.74) is 1.04. The molecule has 0 saturated carbocycles. The zero-order chi connectivity index (χ0) is 31.8. The maximum absolute atomic E-state index is 13.5. The third kappa shape index (κ3) is 7.14. The van der Waals surface area contributed by atoms with E-state index in [1.807, 2.05) is 0 Å². The van der Waals surface area contributed by atoms with Crippen molar-refractivity contribution in [2.24, 2.45) is 0 Å². The van der Waals surface area contributed by atoms with Gasteiger partial charge in [0.25, 0.3) is 0 Å². The van der Waals surface area contributed by atoms with Crippen LogP contribution in [0.1, 0.15) is 42.7 Å². The maximum atomic E-state index is 13.5. The SMILES string of the molecule is COc1ccc(OC)c([C@@H]2O[C@H](CO)[C@@H](OC(=O)c3ccccc3)[C@H](OC(=O)c3ccccc3)[C@H]2OC(=O)c2ccccc2)c1. The van der Waals surface area contributed by atoms with Crippen molar-refractivity contribution < 1.29 is 47.9 Å². The van der Waals surface area contributed by atoms with Crippen molar-refractivity contribution in [2.75, 3.05) is 20.8 Å². The molecule has 1 aliphatic rings. The second-order valence-electron chi connectivity index (χ2n) is 10.1. The predicted octanol–water partition coefficient (Wildman–Crippen LogP) is 4.81. The lowest BCUT2D eigenvalue weighted by molar-refractivity contribution is -0.231. The molecule has 0 unspecified atom stereocenters. The van der Waals surface area contributed by atoms with Crippen LogP contribution in [0.15, 0.2) is 109 Å². The van der Waals surface area contributed by atoms with E-state index in [1.54, 1.807) is 109 Å². The first-order valence-electron chi connectivity index (χ1n) is 14.2. The van der Waals surface area contributed by atoms with Gasteiger partial charge >= 0.3 is 17.9 Å². The lowest BCUT2D eigenvalue weighted by Gasteiger charge is -2.44. The molecule has 1 heterocycles. The molecule has 10 nitrogen and oxygen atoms in total. The molecule has 45 heavy (non-hydrogen) atoms. The molecule has 232 valence electrons. The van der Waals surface area contributed by atoms with Crippen LogP contribution in [0.4, 0.5) is 0 Å². The summed E-state index contributed by atoms with van der Waals surface area (Å²) in [7, 11) is 2.94. The Balaban J connectivity index is 1.63. The molecule has 4 aromatic carbocycles. The largest absolute Gasteiger partial charge is 0.497 e. The summed E-state index contributed by atoms with van der Waals surface area (Å²) in [5, 5.41) is 10.5. The third-order valence-corrected chi connectivity index (χ3v) is 7.31. The maximum Gasteiger partial charge on any atom is 0.338 e. The zero-order valence-electron chi connectivity index (χ0n) is 24.6. The molecule has 0 amide bonds. The predicted molar refractivity (Wildman–Crippen MR) is 161 cm³/mol. The molecule has 0 aliphatic carbocycles. The van der Waals surface area contributed by atoms with Gasteiger partial charge in [0, 0.05) is 5.56 Å². The minimum Gasteiger partial charge on any atom is -0.497 e. The van der Waals surface area contributed by atoms with Gasteiger partial charge in [0.05, 0.1) is 37.5 Å². The van der Waals surface area contributed by atoms with Crippen LogP contribution in [-0.4, -0.2) is 68.3 Å². The van der Waals surface area contributed by atoms with E-state index in [0.29, 0.717) is 17.1 Å². The van der Waals surface area contributed by atoms with Gasteiger partial charge in [-0.2, -0.15) is 0 Å². The molecule has 10 heteroatoms. The number of aliphatic hydroxyl groups is 1. The Labute approximate surface area is 260 Å². The highest BCUT2D eigenvalue weighted by Crippen LogP contribution is 2.42. The number of carbonyl (C=O) groups excluding carboxylic acids is 3. The lowest BCUT2D eigenvalue weighted by atomic mass is 9.89. The average molecular weight is 613 g/mol. The molecule has 5 rings (SSSR count). The molecule has 1 fully saturated rings. The van der Waals surface area contributed by atoms with Gasteiger partial charge in [-0.15, -0.1) is 0 Å². The first kappa shape index (κ1) is 31.2. The number of methoxy groups -OCH3 is 2. The van der Waals surface area contributed by atoms with Gasteiger partial charge in [0.2, 0.25) is 0 Å². The van der Waals surface area contributed by atoms with Crippen LogP contribution in [0.5, 0.6) is 11.5 Å². The number of esters is 3. The van der Waals surface area contributed by atoms with Gasteiger partial charge in [-0.25, -0.2) is 14.4 Å². The fourth-order valence-electron chi connectivity index (χ4n) is 5.08. The van der Waals surface area contributed by atoms with Crippen LogP contribution in [0.3, 0.4) is 0 Å². The van der Waals surface area contributed by atoms with Crippen molar-refractivity contribution in [3.8, 4) is 11.5 Å². The Hall–Kier alpha value is -5.19. The number of hydrogen-bond acceptors (Lipinski definition) is 10. The van der Waals surface area contributed by atoms with Crippen molar-refractivity contribution in [1.82, 2.24) is 0 Å². The molecule has 0 spiro atoms. The molecule has 1 saturated heterocycles. The summed E-state index contributed by atoms with van der Waals surface area (Å²) in [6.07, 6.45) is -6.59. The molecule has 0 aromatic heterocycles. The minimum atomic E-state index is -1.44. The van der Waals surface area contributed by atoms with E-state index in [2.05, 4.69) is 0 Å². The van der Waals surface area contributed by atoms with Crippen molar-refractivity contribution in [2.45, 2.75) is 30.5 Å². The normalized spacial score (nSPS) is 20.8. The van der Waals surface area contributed by atoms with E-state index in [0.717, 1.165) is 0 Å². The quantitative estimate of drug-likeness (QED) is 0.197. The van der Waals surface area contributed by atoms with Crippen LogP contribution >= 0.6 is 0 Å². The van der Waals surface area contributed by atoms with Gasteiger partial charge in [0.15, 0.2) is 18.3 Å². The molecule has 0 radical (unpaired) electrons. The van der Waals surface area contributed by atoms with E-state index in [9.17, 15) is 19.5 Å². The summed E-state index contributed by atoms with van der Waals surface area (Å²) in [5.74, 6) is -1.47. The number of carbonyl (C=O) groups is 3. The van der Waals surface area contributed by atoms with Gasteiger partial charge < -0.3 is 33.5 Å². The van der Waals surface area contributed by atoms with Crippen LogP contribution in [-0.2, 0) is 18.9 Å². The van der Waals surface area contributed by atoms with E-state index < -0.39 is 55.0 Å². The van der Waals surface area contributed by atoms with E-state index in [-0.39, 0.29) is 16.7 Å². The number of hydrogen-bond donors (Lipinski definition) is 1. The molecule has 1 N–H and O–H groups in total. The third-order valence-electron chi connectivity index (χ3n) is 7.31. The Morgan fingerprint density at radius 1 is 0.622 bits per heavy atom. The molecule has 4 aromatic rings. The first-order chi connectivity index (χ1) is 21.9. The Bertz CT molecular complexity index is 1590.